The molecule has 0 aliphatic carbocycles. The second kappa shape index (κ2) is 17.6. The fourth-order valence-electron chi connectivity index (χ4n) is 4.73. The quantitative estimate of drug-likeness (QED) is 0.182. The molecule has 0 atom stereocenters. The molecule has 2 aliphatic heterocycles. The number of unbranched alkanes of at least 4 members (excludes halogenated alkanes) is 1. The summed E-state index contributed by atoms with van der Waals surface area (Å²) in [4.78, 5) is 0. The summed E-state index contributed by atoms with van der Waals surface area (Å²) in [5, 5.41) is 17.6. The molecule has 6 rings (SSSR count). The van der Waals surface area contributed by atoms with Crippen LogP contribution in [0.3, 0.4) is 0 Å². The zero-order valence-corrected chi connectivity index (χ0v) is 26.6. The smallest absolute Gasteiger partial charge is 0.150 e. The topological polar surface area (TPSA) is 123 Å². The molecule has 12 nitrogen and oxygen atoms in total. The molecule has 0 amide bonds. The molecular formula is C36H38N4O8. The molecule has 4 aromatic carbocycles. The monoisotopic (exact) mass is 654 g/mol. The molecule has 0 saturated heterocycles. The van der Waals surface area contributed by atoms with E-state index in [0.717, 1.165) is 12.8 Å². The Labute approximate surface area is 279 Å². The summed E-state index contributed by atoms with van der Waals surface area (Å²) in [7, 11) is 0. The molecule has 0 N–H and O–H groups in total. The standard InChI is InChI=1S/C36H38N4O8/c1-3-9-33-29(7-1)37-39-31-13-11-27(25-35(31)47-23-19-41-17-21-45-33)43-15-5-6-16-44-28-12-14-32-36(26-28)48-24-20-42-18-22-46-34-10-4-2-8-30(34)38-40-32/h1-4,7-14,25-26H,5-6,15-24H2. The highest BCUT2D eigenvalue weighted by molar-refractivity contribution is 5.58. The lowest BCUT2D eigenvalue weighted by Gasteiger charge is -2.13. The molecule has 2 aliphatic rings. The Morgan fingerprint density at radius 2 is 0.792 bits per heavy atom. The number of rotatable bonds is 7. The fraction of sp³-hybridized carbons (Fsp3) is 0.333. The van der Waals surface area contributed by atoms with Crippen molar-refractivity contribution in [3.63, 3.8) is 0 Å². The van der Waals surface area contributed by atoms with Gasteiger partial charge in [0.25, 0.3) is 0 Å². The number of nitrogens with zero attached hydrogens (tertiary/aromatic N) is 4. The first-order valence-corrected chi connectivity index (χ1v) is 16.0. The lowest BCUT2D eigenvalue weighted by molar-refractivity contribution is 0.0767. The second-order valence-corrected chi connectivity index (χ2v) is 10.6. The van der Waals surface area contributed by atoms with Crippen molar-refractivity contribution in [3.05, 3.63) is 84.9 Å². The van der Waals surface area contributed by atoms with Crippen molar-refractivity contribution in [3.8, 4) is 34.5 Å². The molecule has 12 heteroatoms. The van der Waals surface area contributed by atoms with E-state index in [-0.39, 0.29) is 0 Å². The molecule has 0 radical (unpaired) electrons. The predicted octanol–water partition coefficient (Wildman–Crippen LogP) is 8.33. The first-order chi connectivity index (χ1) is 23.8. The first-order valence-electron chi connectivity index (χ1n) is 16.0. The second-order valence-electron chi connectivity index (χ2n) is 10.6. The molecule has 250 valence electrons. The molecular weight excluding hydrogens is 616 g/mol. The molecule has 0 saturated carbocycles. The van der Waals surface area contributed by atoms with Crippen LogP contribution in [0.2, 0.25) is 0 Å². The number of para-hydroxylation sites is 2. The van der Waals surface area contributed by atoms with Gasteiger partial charge in [0.05, 0.1) is 39.6 Å². The van der Waals surface area contributed by atoms with Crippen LogP contribution in [0.5, 0.6) is 34.5 Å². The van der Waals surface area contributed by atoms with Gasteiger partial charge in [-0.1, -0.05) is 24.3 Å². The Kier molecular flexibility index (Phi) is 12.0. The van der Waals surface area contributed by atoms with Gasteiger partial charge in [-0.2, -0.15) is 0 Å². The Morgan fingerprint density at radius 1 is 0.417 bits per heavy atom. The van der Waals surface area contributed by atoms with E-state index in [2.05, 4.69) is 20.5 Å². The Morgan fingerprint density at radius 3 is 1.23 bits per heavy atom. The third-order valence-electron chi connectivity index (χ3n) is 7.14. The third kappa shape index (κ3) is 9.66. The summed E-state index contributed by atoms with van der Waals surface area (Å²) in [6, 6.07) is 26.0. The van der Waals surface area contributed by atoms with Crippen LogP contribution in [0.15, 0.2) is 105 Å². The highest BCUT2D eigenvalue weighted by Crippen LogP contribution is 2.37. The fourth-order valence-corrected chi connectivity index (χ4v) is 4.73. The average Bonchev–Trinajstić information content (AvgIpc) is 3.14. The lowest BCUT2D eigenvalue weighted by atomic mass is 10.2. The first kappa shape index (κ1) is 32.7. The van der Waals surface area contributed by atoms with Crippen molar-refractivity contribution in [2.24, 2.45) is 20.5 Å². The summed E-state index contributed by atoms with van der Waals surface area (Å²) >= 11 is 0. The largest absolute Gasteiger partial charge is 0.493 e. The molecule has 0 spiro atoms. The van der Waals surface area contributed by atoms with E-state index >= 15 is 0 Å². The van der Waals surface area contributed by atoms with Crippen molar-refractivity contribution in [2.45, 2.75) is 12.8 Å². The van der Waals surface area contributed by atoms with Crippen LogP contribution < -0.4 is 28.4 Å². The van der Waals surface area contributed by atoms with E-state index in [1.54, 1.807) is 0 Å². The average molecular weight is 655 g/mol. The van der Waals surface area contributed by atoms with E-state index in [1.807, 2.05) is 84.9 Å². The maximum absolute atomic E-state index is 6.03. The lowest BCUT2D eigenvalue weighted by Crippen LogP contribution is -2.12. The van der Waals surface area contributed by atoms with Crippen molar-refractivity contribution in [2.75, 3.05) is 66.1 Å². The van der Waals surface area contributed by atoms with E-state index in [9.17, 15) is 0 Å². The van der Waals surface area contributed by atoms with E-state index < -0.39 is 0 Å². The Bertz CT molecular complexity index is 1560. The minimum atomic E-state index is 0.365. The van der Waals surface area contributed by atoms with E-state index in [1.165, 1.54) is 0 Å². The van der Waals surface area contributed by atoms with Crippen molar-refractivity contribution >= 4 is 22.7 Å². The van der Waals surface area contributed by atoms with E-state index in [0.29, 0.717) is 123 Å². The van der Waals surface area contributed by atoms with Gasteiger partial charge in [0, 0.05) is 12.1 Å². The van der Waals surface area contributed by atoms with Crippen molar-refractivity contribution in [1.82, 2.24) is 0 Å². The summed E-state index contributed by atoms with van der Waals surface area (Å²) in [5.74, 6) is 3.80. The van der Waals surface area contributed by atoms with Crippen LogP contribution in [-0.4, -0.2) is 66.1 Å². The predicted molar refractivity (Wildman–Crippen MR) is 178 cm³/mol. The summed E-state index contributed by atoms with van der Waals surface area (Å²) < 4.78 is 46.9. The number of benzene rings is 4. The Hall–Kier alpha value is -5.20. The summed E-state index contributed by atoms with van der Waals surface area (Å²) in [5.41, 5.74) is 2.44. The summed E-state index contributed by atoms with van der Waals surface area (Å²) in [6.45, 7) is 4.32. The van der Waals surface area contributed by atoms with Crippen molar-refractivity contribution in [1.29, 1.82) is 0 Å². The number of hydrogen-bond acceptors (Lipinski definition) is 12. The zero-order valence-electron chi connectivity index (χ0n) is 26.6. The van der Waals surface area contributed by atoms with Crippen LogP contribution in [0, 0.1) is 0 Å². The number of ether oxygens (including phenoxy) is 8. The Balaban J connectivity index is 1.01. The minimum Gasteiger partial charge on any atom is -0.493 e. The van der Waals surface area contributed by atoms with Gasteiger partial charge in [-0.15, -0.1) is 20.5 Å². The van der Waals surface area contributed by atoms with Crippen LogP contribution in [0.25, 0.3) is 0 Å². The van der Waals surface area contributed by atoms with Crippen molar-refractivity contribution < 1.29 is 37.9 Å². The van der Waals surface area contributed by atoms with Crippen LogP contribution in [0.1, 0.15) is 12.8 Å². The SMILES string of the molecule is c1ccc2c(c1)N=Nc1ccc(OCCCCOc3ccc4c(c3)OCCOCCOc3ccccc3N=N4)cc1OCCOCCO2. The zero-order chi connectivity index (χ0) is 32.6. The van der Waals surface area contributed by atoms with Crippen LogP contribution >= 0.6 is 0 Å². The van der Waals surface area contributed by atoms with Gasteiger partial charge < -0.3 is 37.9 Å². The maximum atomic E-state index is 6.03. The molecule has 4 aromatic rings. The van der Waals surface area contributed by atoms with Crippen LogP contribution in [0.4, 0.5) is 22.7 Å². The third-order valence-corrected chi connectivity index (χ3v) is 7.14. The van der Waals surface area contributed by atoms with Gasteiger partial charge in [0.1, 0.15) is 72.2 Å². The highest BCUT2D eigenvalue weighted by Gasteiger charge is 2.11. The maximum Gasteiger partial charge on any atom is 0.150 e. The van der Waals surface area contributed by atoms with E-state index in [4.69, 9.17) is 37.9 Å². The molecule has 0 aromatic heterocycles. The minimum absolute atomic E-state index is 0.365. The summed E-state index contributed by atoms with van der Waals surface area (Å²) in [6.07, 6.45) is 1.58. The molecule has 0 unspecified atom stereocenters. The molecule has 0 fully saturated rings. The molecule has 48 heavy (non-hydrogen) atoms. The molecule has 2 heterocycles. The molecule has 0 bridgehead atoms. The number of fused-ring (bicyclic) bond motifs is 4. The number of hydrogen-bond donors (Lipinski definition) is 0. The van der Waals surface area contributed by atoms with Gasteiger partial charge in [0.15, 0.2) is 11.5 Å². The number of azo groups is 2. The normalized spacial score (nSPS) is 15.1. The van der Waals surface area contributed by atoms with Gasteiger partial charge in [-0.25, -0.2) is 0 Å². The highest BCUT2D eigenvalue weighted by atomic mass is 16.6. The van der Waals surface area contributed by atoms with Gasteiger partial charge in [0.2, 0.25) is 0 Å². The van der Waals surface area contributed by atoms with Gasteiger partial charge >= 0.3 is 0 Å². The van der Waals surface area contributed by atoms with Gasteiger partial charge in [-0.3, -0.25) is 0 Å². The van der Waals surface area contributed by atoms with Gasteiger partial charge in [-0.05, 0) is 61.4 Å². The van der Waals surface area contributed by atoms with Crippen LogP contribution in [-0.2, 0) is 9.47 Å².